The molecule has 2 aromatic rings. The standard InChI is InChI=1S/C7H7N3.C3H8/c1-6-2-3-10-7(4-6)8-5-9-10;1-3-2/h2-5H,1H3;3H2,1-2H3. The highest BCUT2D eigenvalue weighted by Crippen LogP contribution is 2.00. The Morgan fingerprint density at radius 3 is 2.77 bits per heavy atom. The Kier molecular flexibility index (Phi) is 3.43. The molecule has 0 saturated carbocycles. The van der Waals surface area contributed by atoms with Gasteiger partial charge in [0.1, 0.15) is 6.33 Å². The van der Waals surface area contributed by atoms with E-state index in [2.05, 4.69) is 23.9 Å². The molecule has 3 heteroatoms. The zero-order valence-corrected chi connectivity index (χ0v) is 8.36. The predicted molar refractivity (Wildman–Crippen MR) is 53.7 cm³/mol. The Bertz CT molecular complexity index is 365. The summed E-state index contributed by atoms with van der Waals surface area (Å²) in [6, 6.07) is 3.99. The molecule has 0 fully saturated rings. The van der Waals surface area contributed by atoms with Crippen LogP contribution < -0.4 is 0 Å². The number of aromatic nitrogens is 3. The Morgan fingerprint density at radius 2 is 2.08 bits per heavy atom. The average molecular weight is 177 g/mol. The maximum Gasteiger partial charge on any atom is 0.155 e. The molecular formula is C10H15N3. The molecule has 0 aromatic carbocycles. The van der Waals surface area contributed by atoms with Crippen LogP contribution in [-0.4, -0.2) is 14.6 Å². The first kappa shape index (κ1) is 9.71. The number of pyridine rings is 1. The van der Waals surface area contributed by atoms with E-state index in [-0.39, 0.29) is 0 Å². The van der Waals surface area contributed by atoms with E-state index < -0.39 is 0 Å². The first-order chi connectivity index (χ1) is 6.27. The van der Waals surface area contributed by atoms with Gasteiger partial charge in [-0.3, -0.25) is 0 Å². The molecule has 0 bridgehead atoms. The van der Waals surface area contributed by atoms with E-state index in [0.29, 0.717) is 0 Å². The summed E-state index contributed by atoms with van der Waals surface area (Å²) in [4.78, 5) is 4.03. The van der Waals surface area contributed by atoms with E-state index in [1.807, 2.05) is 25.3 Å². The van der Waals surface area contributed by atoms with Gasteiger partial charge in [-0.1, -0.05) is 20.3 Å². The van der Waals surface area contributed by atoms with Crippen molar-refractivity contribution in [2.24, 2.45) is 0 Å². The minimum absolute atomic E-state index is 0.903. The summed E-state index contributed by atoms with van der Waals surface area (Å²) in [5.41, 5.74) is 2.11. The average Bonchev–Trinajstić information content (AvgIpc) is 2.52. The molecular weight excluding hydrogens is 162 g/mol. The highest BCUT2D eigenvalue weighted by Gasteiger charge is 1.91. The summed E-state index contributed by atoms with van der Waals surface area (Å²) in [7, 11) is 0. The molecule has 0 amide bonds. The number of hydrogen-bond donors (Lipinski definition) is 0. The summed E-state index contributed by atoms with van der Waals surface area (Å²) < 4.78 is 1.74. The van der Waals surface area contributed by atoms with Crippen molar-refractivity contribution < 1.29 is 0 Å². The van der Waals surface area contributed by atoms with Crippen LogP contribution in [0.3, 0.4) is 0 Å². The van der Waals surface area contributed by atoms with E-state index in [1.54, 1.807) is 10.8 Å². The fraction of sp³-hybridized carbons (Fsp3) is 0.400. The molecule has 0 aliphatic rings. The quantitative estimate of drug-likeness (QED) is 0.618. The van der Waals surface area contributed by atoms with E-state index in [0.717, 1.165) is 5.65 Å². The van der Waals surface area contributed by atoms with Crippen LogP contribution in [0.4, 0.5) is 0 Å². The van der Waals surface area contributed by atoms with Gasteiger partial charge in [0.2, 0.25) is 0 Å². The van der Waals surface area contributed by atoms with Crippen LogP contribution in [0, 0.1) is 6.92 Å². The second-order valence-corrected chi connectivity index (χ2v) is 2.97. The molecule has 2 heterocycles. The minimum atomic E-state index is 0.903. The summed E-state index contributed by atoms with van der Waals surface area (Å²) >= 11 is 0. The lowest BCUT2D eigenvalue weighted by Gasteiger charge is -1.90. The molecule has 0 unspecified atom stereocenters. The van der Waals surface area contributed by atoms with Crippen molar-refractivity contribution in [1.82, 2.24) is 14.6 Å². The van der Waals surface area contributed by atoms with Gasteiger partial charge in [-0.05, 0) is 24.6 Å². The largest absolute Gasteiger partial charge is 0.221 e. The second kappa shape index (κ2) is 4.60. The number of aryl methyl sites for hydroxylation is 1. The fourth-order valence-corrected chi connectivity index (χ4v) is 0.917. The molecule has 0 saturated heterocycles. The van der Waals surface area contributed by atoms with Crippen molar-refractivity contribution in [2.75, 3.05) is 0 Å². The van der Waals surface area contributed by atoms with Crippen LogP contribution in [-0.2, 0) is 0 Å². The summed E-state index contributed by atoms with van der Waals surface area (Å²) in [5.74, 6) is 0. The van der Waals surface area contributed by atoms with Crippen LogP contribution in [0.1, 0.15) is 25.8 Å². The Morgan fingerprint density at radius 1 is 1.38 bits per heavy atom. The third-order valence-electron chi connectivity index (χ3n) is 1.44. The zero-order chi connectivity index (χ0) is 9.68. The first-order valence-electron chi connectivity index (χ1n) is 4.54. The SMILES string of the molecule is CCC.Cc1ccn2ncnc2c1. The van der Waals surface area contributed by atoms with Gasteiger partial charge in [-0.25, -0.2) is 9.50 Å². The van der Waals surface area contributed by atoms with Crippen molar-refractivity contribution >= 4 is 5.65 Å². The molecule has 0 aliphatic heterocycles. The third-order valence-corrected chi connectivity index (χ3v) is 1.44. The van der Waals surface area contributed by atoms with Gasteiger partial charge in [-0.2, -0.15) is 5.10 Å². The van der Waals surface area contributed by atoms with Crippen LogP contribution in [0.5, 0.6) is 0 Å². The number of hydrogen-bond acceptors (Lipinski definition) is 2. The van der Waals surface area contributed by atoms with E-state index in [1.165, 1.54) is 12.0 Å². The molecule has 0 N–H and O–H groups in total. The highest BCUT2D eigenvalue weighted by atomic mass is 15.3. The van der Waals surface area contributed by atoms with Crippen LogP contribution in [0.2, 0.25) is 0 Å². The highest BCUT2D eigenvalue weighted by molar-refractivity contribution is 5.38. The Labute approximate surface area is 78.4 Å². The van der Waals surface area contributed by atoms with Gasteiger partial charge in [0.25, 0.3) is 0 Å². The maximum absolute atomic E-state index is 4.03. The van der Waals surface area contributed by atoms with Crippen LogP contribution in [0.15, 0.2) is 24.7 Å². The molecule has 0 radical (unpaired) electrons. The normalized spacial score (nSPS) is 9.46. The van der Waals surface area contributed by atoms with Crippen molar-refractivity contribution in [3.8, 4) is 0 Å². The first-order valence-corrected chi connectivity index (χ1v) is 4.54. The van der Waals surface area contributed by atoms with Crippen molar-refractivity contribution in [2.45, 2.75) is 27.2 Å². The number of nitrogens with zero attached hydrogens (tertiary/aromatic N) is 3. The van der Waals surface area contributed by atoms with E-state index >= 15 is 0 Å². The minimum Gasteiger partial charge on any atom is -0.221 e. The summed E-state index contributed by atoms with van der Waals surface area (Å²) in [5, 5.41) is 3.97. The van der Waals surface area contributed by atoms with Gasteiger partial charge in [0.15, 0.2) is 5.65 Å². The van der Waals surface area contributed by atoms with Gasteiger partial charge in [-0.15, -0.1) is 0 Å². The van der Waals surface area contributed by atoms with Gasteiger partial charge >= 0.3 is 0 Å². The van der Waals surface area contributed by atoms with Gasteiger partial charge < -0.3 is 0 Å². The third kappa shape index (κ3) is 2.54. The summed E-state index contributed by atoms with van der Waals surface area (Å²) in [6.07, 6.45) is 4.70. The van der Waals surface area contributed by atoms with Crippen molar-refractivity contribution in [1.29, 1.82) is 0 Å². The van der Waals surface area contributed by atoms with Crippen LogP contribution >= 0.6 is 0 Å². The van der Waals surface area contributed by atoms with Gasteiger partial charge in [0, 0.05) is 6.20 Å². The molecule has 70 valence electrons. The number of rotatable bonds is 0. The van der Waals surface area contributed by atoms with Gasteiger partial charge in [0.05, 0.1) is 0 Å². The van der Waals surface area contributed by atoms with Crippen LogP contribution in [0.25, 0.3) is 5.65 Å². The van der Waals surface area contributed by atoms with E-state index in [4.69, 9.17) is 0 Å². The molecule has 13 heavy (non-hydrogen) atoms. The van der Waals surface area contributed by atoms with E-state index in [9.17, 15) is 0 Å². The monoisotopic (exact) mass is 177 g/mol. The lowest BCUT2D eigenvalue weighted by atomic mass is 10.3. The molecule has 0 aliphatic carbocycles. The summed E-state index contributed by atoms with van der Waals surface area (Å²) in [6.45, 7) is 6.29. The lowest BCUT2D eigenvalue weighted by Crippen LogP contribution is -1.85. The number of fused-ring (bicyclic) bond motifs is 1. The molecule has 0 spiro atoms. The predicted octanol–water partition coefficient (Wildman–Crippen LogP) is 2.45. The molecule has 3 nitrogen and oxygen atoms in total. The molecule has 0 atom stereocenters. The fourth-order valence-electron chi connectivity index (χ4n) is 0.917. The lowest BCUT2D eigenvalue weighted by molar-refractivity contribution is 0.958. The maximum atomic E-state index is 4.03. The second-order valence-electron chi connectivity index (χ2n) is 2.97. The topological polar surface area (TPSA) is 30.2 Å². The molecule has 2 aromatic heterocycles. The molecule has 2 rings (SSSR count). The van der Waals surface area contributed by atoms with Crippen molar-refractivity contribution in [3.63, 3.8) is 0 Å². The van der Waals surface area contributed by atoms with Crippen molar-refractivity contribution in [3.05, 3.63) is 30.2 Å². The zero-order valence-electron chi connectivity index (χ0n) is 8.36. The Hall–Kier alpha value is -1.38. The Balaban J connectivity index is 0.000000251. The smallest absolute Gasteiger partial charge is 0.155 e.